The summed E-state index contributed by atoms with van der Waals surface area (Å²) >= 11 is 2.79. The Hall–Kier alpha value is -1.87. The van der Waals surface area contributed by atoms with E-state index in [4.69, 9.17) is 5.73 Å². The molecule has 2 aromatic rings. The number of primary amides is 1. The van der Waals surface area contributed by atoms with Crippen molar-refractivity contribution in [1.82, 2.24) is 20.1 Å². The third-order valence-corrected chi connectivity index (χ3v) is 5.29. The number of nitrogens with two attached hydrogens (primary N) is 1. The summed E-state index contributed by atoms with van der Waals surface area (Å²) in [5.41, 5.74) is 5.34. The van der Waals surface area contributed by atoms with E-state index < -0.39 is 5.91 Å². The first-order chi connectivity index (χ1) is 11.0. The largest absolute Gasteiger partial charge is 0.368 e. The molecule has 7 nitrogen and oxygen atoms in total. The molecule has 0 spiro atoms. The maximum atomic E-state index is 12.1. The van der Waals surface area contributed by atoms with Gasteiger partial charge < -0.3 is 11.1 Å². The molecule has 1 fully saturated rings. The molecule has 2 heterocycles. The smallest absolute Gasteiger partial charge is 0.237 e. The van der Waals surface area contributed by atoms with E-state index in [9.17, 15) is 9.59 Å². The number of thioether (sulfide) groups is 1. The maximum absolute atomic E-state index is 12.1. The van der Waals surface area contributed by atoms with Gasteiger partial charge in [0.2, 0.25) is 11.8 Å². The van der Waals surface area contributed by atoms with E-state index in [1.54, 1.807) is 4.57 Å². The van der Waals surface area contributed by atoms with Gasteiger partial charge in [-0.1, -0.05) is 17.8 Å². The zero-order valence-electron chi connectivity index (χ0n) is 12.6. The number of carbonyl (C=O) groups is 2. The average molecular weight is 351 g/mol. The number of nitrogens with zero attached hydrogens (tertiary/aromatic N) is 3. The van der Waals surface area contributed by atoms with Crippen LogP contribution in [0, 0.1) is 0 Å². The number of carbonyl (C=O) groups excluding carboxylic acids is 2. The van der Waals surface area contributed by atoms with Gasteiger partial charge >= 0.3 is 0 Å². The summed E-state index contributed by atoms with van der Waals surface area (Å²) in [4.78, 5) is 24.4. The Labute approximate surface area is 141 Å². The Morgan fingerprint density at radius 2 is 2.30 bits per heavy atom. The molecule has 0 saturated heterocycles. The van der Waals surface area contributed by atoms with Crippen molar-refractivity contribution in [3.05, 3.63) is 17.5 Å². The molecular formula is C14H17N5O2S2. The quantitative estimate of drug-likeness (QED) is 0.731. The van der Waals surface area contributed by atoms with Crippen LogP contribution in [0.25, 0.3) is 10.7 Å². The van der Waals surface area contributed by atoms with Crippen LogP contribution in [-0.4, -0.2) is 37.9 Å². The topological polar surface area (TPSA) is 103 Å². The third kappa shape index (κ3) is 3.91. The van der Waals surface area contributed by atoms with Crippen molar-refractivity contribution in [2.24, 2.45) is 5.73 Å². The summed E-state index contributed by atoms with van der Waals surface area (Å²) in [7, 11) is 0. The van der Waals surface area contributed by atoms with Crippen LogP contribution in [-0.2, 0) is 16.1 Å². The second-order valence-electron chi connectivity index (χ2n) is 5.38. The molecule has 0 aromatic carbocycles. The van der Waals surface area contributed by atoms with Gasteiger partial charge in [-0.2, -0.15) is 0 Å². The SMILES string of the molecule is CC(Sc1nnc(-c2cccs2)n1CC(N)=O)C(=O)NC1CC1. The molecule has 1 aliphatic rings. The van der Waals surface area contributed by atoms with Crippen molar-refractivity contribution in [3.63, 3.8) is 0 Å². The van der Waals surface area contributed by atoms with Gasteiger partial charge in [-0.25, -0.2) is 0 Å². The van der Waals surface area contributed by atoms with Crippen LogP contribution >= 0.6 is 23.1 Å². The van der Waals surface area contributed by atoms with E-state index >= 15 is 0 Å². The van der Waals surface area contributed by atoms with Gasteiger partial charge in [-0.15, -0.1) is 21.5 Å². The van der Waals surface area contributed by atoms with Crippen molar-refractivity contribution < 1.29 is 9.59 Å². The molecule has 9 heteroatoms. The van der Waals surface area contributed by atoms with Gasteiger partial charge in [-0.05, 0) is 31.2 Å². The molecule has 1 atom stereocenters. The number of thiophene rings is 1. The Bertz CT molecular complexity index is 709. The highest BCUT2D eigenvalue weighted by Gasteiger charge is 2.27. The first-order valence-corrected chi connectivity index (χ1v) is 9.03. The molecule has 0 bridgehead atoms. The van der Waals surface area contributed by atoms with Crippen LogP contribution in [0.2, 0.25) is 0 Å². The van der Waals surface area contributed by atoms with E-state index in [-0.39, 0.29) is 17.7 Å². The summed E-state index contributed by atoms with van der Waals surface area (Å²) in [6, 6.07) is 4.13. The monoisotopic (exact) mass is 351 g/mol. The summed E-state index contributed by atoms with van der Waals surface area (Å²) in [6.07, 6.45) is 2.09. The lowest BCUT2D eigenvalue weighted by Gasteiger charge is -2.12. The van der Waals surface area contributed by atoms with E-state index in [0.717, 1.165) is 17.7 Å². The van der Waals surface area contributed by atoms with Crippen LogP contribution in [0.5, 0.6) is 0 Å². The van der Waals surface area contributed by atoms with E-state index in [1.807, 2.05) is 24.4 Å². The molecule has 23 heavy (non-hydrogen) atoms. The lowest BCUT2D eigenvalue weighted by Crippen LogP contribution is -2.32. The van der Waals surface area contributed by atoms with Crippen LogP contribution in [0.15, 0.2) is 22.7 Å². The van der Waals surface area contributed by atoms with Crippen molar-refractivity contribution >= 4 is 34.9 Å². The van der Waals surface area contributed by atoms with E-state index in [2.05, 4.69) is 15.5 Å². The van der Waals surface area contributed by atoms with Gasteiger partial charge in [0.25, 0.3) is 0 Å². The second kappa shape index (κ2) is 6.71. The van der Waals surface area contributed by atoms with Crippen molar-refractivity contribution in [1.29, 1.82) is 0 Å². The van der Waals surface area contributed by atoms with Crippen molar-refractivity contribution in [2.75, 3.05) is 0 Å². The fourth-order valence-electron chi connectivity index (χ4n) is 2.02. The normalized spacial score (nSPS) is 15.3. The standard InChI is InChI=1S/C14H17N5O2S2/c1-8(13(21)16-9-4-5-9)23-14-18-17-12(10-3-2-6-22-10)19(14)7-11(15)20/h2-3,6,8-9H,4-5,7H2,1H3,(H2,15,20)(H,16,21). The predicted molar refractivity (Wildman–Crippen MR) is 89.0 cm³/mol. The Balaban J connectivity index is 1.80. The summed E-state index contributed by atoms with van der Waals surface area (Å²) in [5.74, 6) is 0.0967. The summed E-state index contributed by atoms with van der Waals surface area (Å²) in [5, 5.41) is 13.4. The minimum atomic E-state index is -0.473. The van der Waals surface area contributed by atoms with Crippen LogP contribution in [0.4, 0.5) is 0 Å². The Morgan fingerprint density at radius 1 is 1.52 bits per heavy atom. The highest BCUT2D eigenvalue weighted by atomic mass is 32.2. The minimum Gasteiger partial charge on any atom is -0.368 e. The number of amides is 2. The highest BCUT2D eigenvalue weighted by Crippen LogP contribution is 2.29. The molecule has 122 valence electrons. The average Bonchev–Trinajstić information content (AvgIpc) is 2.99. The molecule has 0 radical (unpaired) electrons. The zero-order valence-corrected chi connectivity index (χ0v) is 14.2. The van der Waals surface area contributed by atoms with Crippen LogP contribution in [0.3, 0.4) is 0 Å². The zero-order chi connectivity index (χ0) is 16.4. The number of hydrogen-bond acceptors (Lipinski definition) is 6. The molecule has 1 aliphatic carbocycles. The molecule has 0 aliphatic heterocycles. The molecule has 2 aromatic heterocycles. The van der Waals surface area contributed by atoms with Gasteiger partial charge in [0.05, 0.1) is 10.1 Å². The van der Waals surface area contributed by atoms with Crippen LogP contribution in [0.1, 0.15) is 19.8 Å². The number of nitrogens with one attached hydrogen (secondary N) is 1. The fraction of sp³-hybridized carbons (Fsp3) is 0.429. The number of hydrogen-bond donors (Lipinski definition) is 2. The molecule has 3 N–H and O–H groups in total. The lowest BCUT2D eigenvalue weighted by atomic mass is 10.4. The number of aromatic nitrogens is 3. The van der Waals surface area contributed by atoms with Gasteiger partial charge in [0.15, 0.2) is 11.0 Å². The third-order valence-electron chi connectivity index (χ3n) is 3.35. The Kier molecular flexibility index (Phi) is 4.67. The maximum Gasteiger partial charge on any atom is 0.237 e. The van der Waals surface area contributed by atoms with E-state index in [0.29, 0.717) is 17.0 Å². The predicted octanol–water partition coefficient (Wildman–Crippen LogP) is 1.25. The molecule has 1 saturated carbocycles. The molecule has 3 rings (SSSR count). The van der Waals surface area contributed by atoms with Crippen LogP contribution < -0.4 is 11.1 Å². The highest BCUT2D eigenvalue weighted by molar-refractivity contribution is 8.00. The van der Waals surface area contributed by atoms with Gasteiger partial charge in [-0.3, -0.25) is 14.2 Å². The first kappa shape index (κ1) is 16.0. The first-order valence-electron chi connectivity index (χ1n) is 7.27. The minimum absolute atomic E-state index is 0.0144. The summed E-state index contributed by atoms with van der Waals surface area (Å²) in [6.45, 7) is 1.80. The summed E-state index contributed by atoms with van der Waals surface area (Å²) < 4.78 is 1.67. The fourth-order valence-corrected chi connectivity index (χ4v) is 3.60. The van der Waals surface area contributed by atoms with Crippen molar-refractivity contribution in [3.8, 4) is 10.7 Å². The molecule has 1 unspecified atom stereocenters. The van der Waals surface area contributed by atoms with Gasteiger partial charge in [0.1, 0.15) is 6.54 Å². The molecular weight excluding hydrogens is 334 g/mol. The van der Waals surface area contributed by atoms with E-state index in [1.165, 1.54) is 23.1 Å². The van der Waals surface area contributed by atoms with Gasteiger partial charge in [0, 0.05) is 6.04 Å². The second-order valence-corrected chi connectivity index (χ2v) is 7.63. The number of rotatable bonds is 7. The molecule has 2 amide bonds. The lowest BCUT2D eigenvalue weighted by molar-refractivity contribution is -0.120. The van der Waals surface area contributed by atoms with Crippen molar-refractivity contribution in [2.45, 2.75) is 42.8 Å². The Morgan fingerprint density at radius 3 is 2.91 bits per heavy atom.